The molecule has 0 aliphatic carbocycles. The number of allylic oxidation sites excluding steroid dienone is 4. The zero-order valence-electron chi connectivity index (χ0n) is 9.39. The molecule has 0 aliphatic heterocycles. The lowest BCUT2D eigenvalue weighted by atomic mass is 10.3. The third-order valence-corrected chi connectivity index (χ3v) is 2.16. The van der Waals surface area contributed by atoms with Gasteiger partial charge in [-0.2, -0.15) is 0 Å². The van der Waals surface area contributed by atoms with Crippen molar-refractivity contribution in [2.75, 3.05) is 17.6 Å². The smallest absolute Gasteiger partial charge is 0.0257 e. The van der Waals surface area contributed by atoms with E-state index in [9.17, 15) is 0 Å². The van der Waals surface area contributed by atoms with Crippen molar-refractivity contribution in [2.45, 2.75) is 32.6 Å². The summed E-state index contributed by atoms with van der Waals surface area (Å²) in [6.45, 7) is 1.99. The van der Waals surface area contributed by atoms with Crippen molar-refractivity contribution in [2.24, 2.45) is 0 Å². The Bertz CT molecular complexity index is 142. The topological polar surface area (TPSA) is 0 Å². The van der Waals surface area contributed by atoms with E-state index in [-0.39, 0.29) is 0 Å². The minimum atomic E-state index is 0.720. The molecule has 0 saturated carbocycles. The molecule has 90 valence electrons. The highest BCUT2D eigenvalue weighted by Gasteiger charge is 1.78. The van der Waals surface area contributed by atoms with Crippen LogP contribution >= 0.6 is 34.8 Å². The van der Waals surface area contributed by atoms with Gasteiger partial charge in [-0.25, -0.2) is 0 Å². The zero-order valence-corrected chi connectivity index (χ0v) is 11.7. The molecule has 0 radical (unpaired) electrons. The second kappa shape index (κ2) is 19.9. The van der Waals surface area contributed by atoms with Crippen LogP contribution in [0.2, 0.25) is 0 Å². The van der Waals surface area contributed by atoms with E-state index in [4.69, 9.17) is 34.8 Å². The quantitative estimate of drug-likeness (QED) is 0.331. The monoisotopic (exact) mass is 270 g/mol. The molecule has 3 heteroatoms. The Labute approximate surface area is 109 Å². The molecule has 0 bridgehead atoms. The van der Waals surface area contributed by atoms with Gasteiger partial charge in [0.25, 0.3) is 0 Å². The Morgan fingerprint density at radius 1 is 0.733 bits per heavy atom. The van der Waals surface area contributed by atoms with E-state index in [1.807, 2.05) is 19.1 Å². The fraction of sp³-hybridized carbons (Fsp3) is 0.667. The summed E-state index contributed by atoms with van der Waals surface area (Å²) in [5.74, 6) is 2.22. The first kappa shape index (κ1) is 17.7. The van der Waals surface area contributed by atoms with E-state index in [0.29, 0.717) is 0 Å². The van der Waals surface area contributed by atoms with E-state index in [0.717, 1.165) is 43.3 Å². The van der Waals surface area contributed by atoms with E-state index < -0.39 is 0 Å². The lowest BCUT2D eigenvalue weighted by molar-refractivity contribution is 0.959. The number of hydrogen-bond acceptors (Lipinski definition) is 0. The van der Waals surface area contributed by atoms with Crippen molar-refractivity contribution in [3.05, 3.63) is 24.3 Å². The lowest BCUT2D eigenvalue weighted by Gasteiger charge is -1.85. The predicted octanol–water partition coefficient (Wildman–Crippen LogP) is 5.38. The summed E-state index contributed by atoms with van der Waals surface area (Å²) in [4.78, 5) is 0. The van der Waals surface area contributed by atoms with Crippen molar-refractivity contribution in [3.8, 4) is 0 Å². The second-order valence-corrected chi connectivity index (χ2v) is 3.96. The molecule has 0 aliphatic rings. The first-order chi connectivity index (χ1) is 7.33. The van der Waals surface area contributed by atoms with Gasteiger partial charge >= 0.3 is 0 Å². The molecule has 0 atom stereocenters. The molecule has 0 nitrogen and oxygen atoms in total. The molecule has 0 N–H and O–H groups in total. The maximum absolute atomic E-state index is 5.45. The van der Waals surface area contributed by atoms with E-state index in [1.165, 1.54) is 0 Å². The number of rotatable bonds is 7. The Morgan fingerprint density at radius 3 is 1.67 bits per heavy atom. The van der Waals surface area contributed by atoms with Gasteiger partial charge in [0.05, 0.1) is 0 Å². The average molecular weight is 272 g/mol. The summed E-state index contributed by atoms with van der Waals surface area (Å²) < 4.78 is 0. The third kappa shape index (κ3) is 25.0. The minimum absolute atomic E-state index is 0.720. The van der Waals surface area contributed by atoms with Crippen LogP contribution < -0.4 is 0 Å². The largest absolute Gasteiger partial charge is 0.127 e. The van der Waals surface area contributed by atoms with Crippen LogP contribution in [0.5, 0.6) is 0 Å². The van der Waals surface area contributed by atoms with Gasteiger partial charge in [0.1, 0.15) is 0 Å². The van der Waals surface area contributed by atoms with Gasteiger partial charge in [0.15, 0.2) is 0 Å². The van der Waals surface area contributed by atoms with E-state index in [1.54, 1.807) is 0 Å². The van der Waals surface area contributed by atoms with E-state index in [2.05, 4.69) is 12.2 Å². The summed E-state index contributed by atoms with van der Waals surface area (Å²) in [6.07, 6.45) is 12.4. The van der Waals surface area contributed by atoms with Crippen LogP contribution in [0.15, 0.2) is 24.3 Å². The summed E-state index contributed by atoms with van der Waals surface area (Å²) in [7, 11) is 0. The Hall–Kier alpha value is 0.350. The fourth-order valence-corrected chi connectivity index (χ4v) is 1.13. The fourth-order valence-electron chi connectivity index (χ4n) is 0.723. The molecule has 0 rings (SSSR count). The van der Waals surface area contributed by atoms with Crippen molar-refractivity contribution in [1.29, 1.82) is 0 Å². The molecule has 0 saturated heterocycles. The SMILES string of the molecule is CC=CCCCl.ClCCC=CCCCCl. The van der Waals surface area contributed by atoms with Crippen molar-refractivity contribution in [1.82, 2.24) is 0 Å². The van der Waals surface area contributed by atoms with Gasteiger partial charge in [0, 0.05) is 17.6 Å². The Balaban J connectivity index is 0. The van der Waals surface area contributed by atoms with Gasteiger partial charge in [-0.3, -0.25) is 0 Å². The Kier molecular flexibility index (Phi) is 23.5. The molecule has 0 aromatic carbocycles. The number of alkyl halides is 3. The van der Waals surface area contributed by atoms with Gasteiger partial charge in [-0.15, -0.1) is 34.8 Å². The summed E-state index contributed by atoms with van der Waals surface area (Å²) in [5, 5.41) is 0. The van der Waals surface area contributed by atoms with Crippen molar-refractivity contribution in [3.63, 3.8) is 0 Å². The molecule has 0 aromatic heterocycles. The highest BCUT2D eigenvalue weighted by Crippen LogP contribution is 1.95. The normalized spacial score (nSPS) is 10.7. The van der Waals surface area contributed by atoms with Crippen LogP contribution in [0.25, 0.3) is 0 Å². The van der Waals surface area contributed by atoms with Crippen LogP contribution in [-0.4, -0.2) is 17.6 Å². The highest BCUT2D eigenvalue weighted by atomic mass is 35.5. The summed E-state index contributed by atoms with van der Waals surface area (Å²) in [6, 6.07) is 0. The average Bonchev–Trinajstić information content (AvgIpc) is 2.27. The third-order valence-electron chi connectivity index (χ3n) is 1.46. The molecule has 0 fully saturated rings. The van der Waals surface area contributed by atoms with Crippen LogP contribution in [0, 0.1) is 0 Å². The summed E-state index contributed by atoms with van der Waals surface area (Å²) >= 11 is 16.2. The van der Waals surface area contributed by atoms with Crippen LogP contribution in [0.1, 0.15) is 32.6 Å². The number of halogens is 3. The molecule has 0 unspecified atom stereocenters. The minimum Gasteiger partial charge on any atom is -0.127 e. The predicted molar refractivity (Wildman–Crippen MR) is 74.6 cm³/mol. The van der Waals surface area contributed by atoms with E-state index >= 15 is 0 Å². The molecule has 0 heterocycles. The highest BCUT2D eigenvalue weighted by molar-refractivity contribution is 6.18. The standard InChI is InChI=1S/C7H12Cl2.C5H9Cl/c8-6-4-2-1-3-5-7-9;1-2-3-4-5-6/h1-2H,3-7H2;2-3H,4-5H2,1H3. The number of hydrogen-bond donors (Lipinski definition) is 0. The zero-order chi connectivity index (χ0) is 11.8. The first-order valence-corrected chi connectivity index (χ1v) is 6.87. The maximum atomic E-state index is 5.45. The van der Waals surface area contributed by atoms with Crippen LogP contribution in [0.3, 0.4) is 0 Å². The van der Waals surface area contributed by atoms with Gasteiger partial charge in [0.2, 0.25) is 0 Å². The first-order valence-electron chi connectivity index (χ1n) is 5.27. The molecule has 15 heavy (non-hydrogen) atoms. The molecule has 0 amide bonds. The summed E-state index contributed by atoms with van der Waals surface area (Å²) in [5.41, 5.74) is 0. The molecular weight excluding hydrogens is 250 g/mol. The van der Waals surface area contributed by atoms with Crippen molar-refractivity contribution >= 4 is 34.8 Å². The number of unbranched alkanes of at least 4 members (excludes halogenated alkanes) is 1. The van der Waals surface area contributed by atoms with Crippen LogP contribution in [-0.2, 0) is 0 Å². The molecule has 0 aromatic rings. The second-order valence-electron chi connectivity index (χ2n) is 2.83. The maximum Gasteiger partial charge on any atom is 0.0257 e. The molecule has 0 spiro atoms. The van der Waals surface area contributed by atoms with Crippen molar-refractivity contribution < 1.29 is 0 Å². The van der Waals surface area contributed by atoms with Crippen LogP contribution in [0.4, 0.5) is 0 Å². The van der Waals surface area contributed by atoms with Gasteiger partial charge < -0.3 is 0 Å². The lowest BCUT2D eigenvalue weighted by Crippen LogP contribution is -1.71. The molecular formula is C12H21Cl3. The Morgan fingerprint density at radius 2 is 1.27 bits per heavy atom. The van der Waals surface area contributed by atoms with Gasteiger partial charge in [-0.05, 0) is 32.6 Å². The van der Waals surface area contributed by atoms with Gasteiger partial charge in [-0.1, -0.05) is 24.3 Å².